The van der Waals surface area contributed by atoms with Gasteiger partial charge in [-0.25, -0.2) is 0 Å². The van der Waals surface area contributed by atoms with Gasteiger partial charge >= 0.3 is 0 Å². The van der Waals surface area contributed by atoms with Gasteiger partial charge in [0.15, 0.2) is 6.61 Å². The van der Waals surface area contributed by atoms with Crippen molar-refractivity contribution in [1.29, 1.82) is 0 Å². The zero-order chi connectivity index (χ0) is 20.1. The first-order chi connectivity index (χ1) is 13.5. The highest BCUT2D eigenvalue weighted by Crippen LogP contribution is 2.27. The van der Waals surface area contributed by atoms with Gasteiger partial charge in [0.25, 0.3) is 5.91 Å². The van der Waals surface area contributed by atoms with Crippen molar-refractivity contribution in [2.75, 3.05) is 18.2 Å². The molecule has 0 spiro atoms. The molecule has 0 bridgehead atoms. The molecule has 0 saturated carbocycles. The monoisotopic (exact) mass is 397 g/mol. The van der Waals surface area contributed by atoms with Crippen molar-refractivity contribution in [3.63, 3.8) is 0 Å². The standard InChI is InChI=1S/C20H23N5O2S/c1-13(2)17-9-8-14(3)10-18(17)27-12-19(26)21-15-6-5-7-16(11-15)25-20(28-4)22-23-24-25/h5-11,13H,12H2,1-4H3,(H,21,26). The smallest absolute Gasteiger partial charge is 0.262 e. The van der Waals surface area contributed by atoms with Crippen LogP contribution in [0.15, 0.2) is 47.6 Å². The van der Waals surface area contributed by atoms with E-state index in [9.17, 15) is 4.79 Å². The Hall–Kier alpha value is -2.87. The topological polar surface area (TPSA) is 81.9 Å². The molecule has 3 aromatic rings. The van der Waals surface area contributed by atoms with Crippen molar-refractivity contribution in [3.8, 4) is 11.4 Å². The van der Waals surface area contributed by atoms with Crippen LogP contribution in [0.3, 0.4) is 0 Å². The second-order valence-electron chi connectivity index (χ2n) is 6.66. The van der Waals surface area contributed by atoms with Gasteiger partial charge in [-0.3, -0.25) is 4.79 Å². The summed E-state index contributed by atoms with van der Waals surface area (Å²) in [6.45, 7) is 6.15. The second kappa shape index (κ2) is 8.88. The van der Waals surface area contributed by atoms with Gasteiger partial charge in [0.1, 0.15) is 5.75 Å². The molecule has 146 valence electrons. The van der Waals surface area contributed by atoms with E-state index >= 15 is 0 Å². The molecule has 2 aromatic carbocycles. The van der Waals surface area contributed by atoms with Gasteiger partial charge in [0.2, 0.25) is 5.16 Å². The lowest BCUT2D eigenvalue weighted by Crippen LogP contribution is -2.20. The number of carbonyl (C=O) groups excluding carboxylic acids is 1. The Morgan fingerprint density at radius 1 is 1.25 bits per heavy atom. The summed E-state index contributed by atoms with van der Waals surface area (Å²) < 4.78 is 7.42. The van der Waals surface area contributed by atoms with Gasteiger partial charge in [-0.1, -0.05) is 43.8 Å². The summed E-state index contributed by atoms with van der Waals surface area (Å²) in [5, 5.41) is 15.2. The van der Waals surface area contributed by atoms with E-state index in [4.69, 9.17) is 4.74 Å². The van der Waals surface area contributed by atoms with E-state index in [0.717, 1.165) is 22.6 Å². The van der Waals surface area contributed by atoms with Gasteiger partial charge in [-0.2, -0.15) is 4.68 Å². The molecule has 7 nitrogen and oxygen atoms in total. The fraction of sp³-hybridized carbons (Fsp3) is 0.300. The molecule has 3 rings (SSSR count). The fourth-order valence-electron chi connectivity index (χ4n) is 2.77. The summed E-state index contributed by atoms with van der Waals surface area (Å²) in [4.78, 5) is 12.4. The van der Waals surface area contributed by atoms with Gasteiger partial charge in [0.05, 0.1) is 5.69 Å². The highest BCUT2D eigenvalue weighted by Gasteiger charge is 2.12. The maximum absolute atomic E-state index is 12.4. The minimum absolute atomic E-state index is 0.0612. The number of tetrazole rings is 1. The van der Waals surface area contributed by atoms with Crippen LogP contribution in [0.5, 0.6) is 5.75 Å². The molecule has 0 unspecified atom stereocenters. The maximum atomic E-state index is 12.4. The van der Waals surface area contributed by atoms with Gasteiger partial charge in [-0.15, -0.1) is 5.10 Å². The summed E-state index contributed by atoms with van der Waals surface area (Å²) in [7, 11) is 0. The van der Waals surface area contributed by atoms with Crippen LogP contribution in [0.25, 0.3) is 5.69 Å². The first-order valence-corrected chi connectivity index (χ1v) is 10.2. The number of rotatable bonds is 7. The number of carbonyl (C=O) groups is 1. The fourth-order valence-corrected chi connectivity index (χ4v) is 3.20. The van der Waals surface area contributed by atoms with E-state index in [1.54, 1.807) is 4.68 Å². The van der Waals surface area contributed by atoms with E-state index in [-0.39, 0.29) is 12.5 Å². The Balaban J connectivity index is 1.68. The lowest BCUT2D eigenvalue weighted by atomic mass is 10.0. The van der Waals surface area contributed by atoms with Crippen molar-refractivity contribution in [3.05, 3.63) is 53.6 Å². The van der Waals surface area contributed by atoms with Crippen LogP contribution in [0.4, 0.5) is 5.69 Å². The van der Waals surface area contributed by atoms with Crippen molar-refractivity contribution >= 4 is 23.4 Å². The summed E-state index contributed by atoms with van der Waals surface area (Å²) in [5.74, 6) is 0.838. The van der Waals surface area contributed by atoms with Crippen molar-refractivity contribution in [2.45, 2.75) is 31.8 Å². The lowest BCUT2D eigenvalue weighted by molar-refractivity contribution is -0.118. The van der Waals surface area contributed by atoms with Gasteiger partial charge in [0, 0.05) is 5.69 Å². The van der Waals surface area contributed by atoms with Crippen LogP contribution >= 0.6 is 11.8 Å². The van der Waals surface area contributed by atoms with Crippen LogP contribution in [-0.2, 0) is 4.79 Å². The number of aromatic nitrogens is 4. The molecule has 0 radical (unpaired) electrons. The molecule has 0 aliphatic carbocycles. The number of nitrogens with zero attached hydrogens (tertiary/aromatic N) is 4. The third kappa shape index (κ3) is 4.69. The normalized spacial score (nSPS) is 10.9. The van der Waals surface area contributed by atoms with Crippen molar-refractivity contribution in [2.24, 2.45) is 0 Å². The first kappa shape index (κ1) is 19.9. The zero-order valence-corrected chi connectivity index (χ0v) is 17.2. The number of thioether (sulfide) groups is 1. The van der Waals surface area contributed by atoms with Crippen LogP contribution in [0.2, 0.25) is 0 Å². The molecule has 1 amide bonds. The van der Waals surface area contributed by atoms with Crippen molar-refractivity contribution in [1.82, 2.24) is 20.2 Å². The van der Waals surface area contributed by atoms with E-state index < -0.39 is 0 Å². The number of anilines is 1. The number of amides is 1. The third-order valence-corrected chi connectivity index (χ3v) is 4.77. The summed E-state index contributed by atoms with van der Waals surface area (Å²) in [6.07, 6.45) is 1.90. The number of ether oxygens (including phenoxy) is 1. The minimum Gasteiger partial charge on any atom is -0.483 e. The molecular weight excluding hydrogens is 374 g/mol. The first-order valence-electron chi connectivity index (χ1n) is 8.94. The quantitative estimate of drug-likeness (QED) is 0.610. The Morgan fingerprint density at radius 3 is 2.82 bits per heavy atom. The molecule has 8 heteroatoms. The van der Waals surface area contributed by atoms with Crippen LogP contribution < -0.4 is 10.1 Å². The molecule has 0 fully saturated rings. The lowest BCUT2D eigenvalue weighted by Gasteiger charge is -2.15. The maximum Gasteiger partial charge on any atom is 0.262 e. The zero-order valence-electron chi connectivity index (χ0n) is 16.3. The van der Waals surface area contributed by atoms with Crippen molar-refractivity contribution < 1.29 is 9.53 Å². The predicted molar refractivity (Wildman–Crippen MR) is 110 cm³/mol. The number of nitrogens with one attached hydrogen (secondary N) is 1. The highest BCUT2D eigenvalue weighted by molar-refractivity contribution is 7.98. The summed E-state index contributed by atoms with van der Waals surface area (Å²) in [5.41, 5.74) is 3.61. The molecule has 0 atom stereocenters. The predicted octanol–water partition coefficient (Wildman–Crippen LogP) is 3.83. The Bertz CT molecular complexity index is 971. The number of hydrogen-bond donors (Lipinski definition) is 1. The van der Waals surface area contributed by atoms with E-state index in [1.807, 2.05) is 49.6 Å². The van der Waals surface area contributed by atoms with E-state index in [1.165, 1.54) is 11.8 Å². The second-order valence-corrected chi connectivity index (χ2v) is 7.43. The molecule has 0 aliphatic rings. The van der Waals surface area contributed by atoms with Crippen LogP contribution in [-0.4, -0.2) is 39.0 Å². The molecule has 1 aromatic heterocycles. The number of aryl methyl sites for hydroxylation is 1. The molecule has 1 heterocycles. The van der Waals surface area contributed by atoms with Gasteiger partial charge < -0.3 is 10.1 Å². The summed E-state index contributed by atoms with van der Waals surface area (Å²) in [6, 6.07) is 13.4. The average Bonchev–Trinajstić information content (AvgIpc) is 3.15. The average molecular weight is 398 g/mol. The Morgan fingerprint density at radius 2 is 2.07 bits per heavy atom. The number of benzene rings is 2. The molecular formula is C20H23N5O2S. The van der Waals surface area contributed by atoms with Crippen LogP contribution in [0, 0.1) is 6.92 Å². The highest BCUT2D eigenvalue weighted by atomic mass is 32.2. The SMILES string of the molecule is CSc1nnnn1-c1cccc(NC(=O)COc2cc(C)ccc2C(C)C)c1. The van der Waals surface area contributed by atoms with Gasteiger partial charge in [-0.05, 0) is 64.9 Å². The molecule has 28 heavy (non-hydrogen) atoms. The minimum atomic E-state index is -0.227. The number of hydrogen-bond acceptors (Lipinski definition) is 6. The molecule has 0 aliphatic heterocycles. The Labute approximate surface area is 168 Å². The largest absolute Gasteiger partial charge is 0.483 e. The third-order valence-electron chi connectivity index (χ3n) is 4.15. The van der Waals surface area contributed by atoms with E-state index in [0.29, 0.717) is 16.8 Å². The molecule has 1 N–H and O–H groups in total. The Kier molecular flexibility index (Phi) is 6.30. The molecule has 0 saturated heterocycles. The summed E-state index contributed by atoms with van der Waals surface area (Å²) >= 11 is 1.45. The van der Waals surface area contributed by atoms with Crippen LogP contribution in [0.1, 0.15) is 30.9 Å². The van der Waals surface area contributed by atoms with E-state index in [2.05, 4.69) is 40.8 Å².